The lowest BCUT2D eigenvalue weighted by atomic mass is 10.0. The van der Waals surface area contributed by atoms with Gasteiger partial charge in [0.15, 0.2) is 0 Å². The third-order valence-electron chi connectivity index (χ3n) is 3.87. The molecular formula is C16H24N2O3. The Balaban J connectivity index is 1.74. The van der Waals surface area contributed by atoms with Gasteiger partial charge in [-0.15, -0.1) is 0 Å². The van der Waals surface area contributed by atoms with E-state index in [-0.39, 0.29) is 6.03 Å². The van der Waals surface area contributed by atoms with Crippen LogP contribution in [0.25, 0.3) is 0 Å². The second-order valence-corrected chi connectivity index (χ2v) is 5.72. The Kier molecular flexibility index (Phi) is 5.59. The number of benzene rings is 1. The van der Waals surface area contributed by atoms with E-state index in [2.05, 4.69) is 10.6 Å². The average molecular weight is 292 g/mol. The number of ether oxygens (including phenoxy) is 1. The summed E-state index contributed by atoms with van der Waals surface area (Å²) in [5, 5.41) is 15.7. The van der Waals surface area contributed by atoms with E-state index in [4.69, 9.17) is 4.74 Å². The highest BCUT2D eigenvalue weighted by atomic mass is 16.5. The third kappa shape index (κ3) is 5.02. The summed E-state index contributed by atoms with van der Waals surface area (Å²) in [6, 6.07) is 7.67. The summed E-state index contributed by atoms with van der Waals surface area (Å²) >= 11 is 0. The van der Waals surface area contributed by atoms with Crippen molar-refractivity contribution in [2.45, 2.75) is 44.4 Å². The number of rotatable bonds is 6. The molecule has 0 spiro atoms. The van der Waals surface area contributed by atoms with Crippen molar-refractivity contribution in [1.82, 2.24) is 10.6 Å². The predicted molar refractivity (Wildman–Crippen MR) is 80.8 cm³/mol. The molecule has 3 N–H and O–H groups in total. The maximum Gasteiger partial charge on any atom is 0.315 e. The van der Waals surface area contributed by atoms with Gasteiger partial charge in [0.1, 0.15) is 0 Å². The minimum atomic E-state index is -0.713. The molecule has 1 aromatic carbocycles. The van der Waals surface area contributed by atoms with Crippen molar-refractivity contribution in [3.63, 3.8) is 0 Å². The van der Waals surface area contributed by atoms with Gasteiger partial charge in [0.25, 0.3) is 0 Å². The number of nitrogens with one attached hydrogen (secondary N) is 2. The largest absolute Gasteiger partial charge is 0.388 e. The molecule has 1 aliphatic rings. The van der Waals surface area contributed by atoms with Crippen LogP contribution in [0, 0.1) is 0 Å². The Bertz CT molecular complexity index is 470. The van der Waals surface area contributed by atoms with Gasteiger partial charge in [-0.2, -0.15) is 0 Å². The first-order valence-electron chi connectivity index (χ1n) is 7.42. The van der Waals surface area contributed by atoms with Crippen molar-refractivity contribution in [3.05, 3.63) is 35.4 Å². The maximum atomic E-state index is 11.8. The first-order chi connectivity index (χ1) is 10.1. The monoisotopic (exact) mass is 292 g/mol. The Morgan fingerprint density at radius 3 is 2.71 bits per heavy atom. The van der Waals surface area contributed by atoms with Crippen molar-refractivity contribution in [1.29, 1.82) is 0 Å². The van der Waals surface area contributed by atoms with Crippen LogP contribution in [0.1, 0.15) is 36.8 Å². The van der Waals surface area contributed by atoms with Crippen LogP contribution in [0.15, 0.2) is 24.3 Å². The smallest absolute Gasteiger partial charge is 0.315 e. The summed E-state index contributed by atoms with van der Waals surface area (Å²) in [5.74, 6) is 0. The minimum absolute atomic E-state index is 0.243. The van der Waals surface area contributed by atoms with Crippen LogP contribution >= 0.6 is 0 Å². The SMILES string of the molecule is COCc1cccc(CNC(=O)NCC2(O)CCCC2)c1. The average Bonchev–Trinajstić information content (AvgIpc) is 2.91. The van der Waals surface area contributed by atoms with Crippen LogP contribution in [0.4, 0.5) is 4.79 Å². The van der Waals surface area contributed by atoms with Gasteiger partial charge < -0.3 is 20.5 Å². The van der Waals surface area contributed by atoms with E-state index >= 15 is 0 Å². The van der Waals surface area contributed by atoms with Crippen molar-refractivity contribution in [2.75, 3.05) is 13.7 Å². The Hall–Kier alpha value is -1.59. The quantitative estimate of drug-likeness (QED) is 0.750. The number of carbonyl (C=O) groups excluding carboxylic acids is 1. The van der Waals surface area contributed by atoms with Crippen LogP contribution in [-0.2, 0) is 17.9 Å². The molecule has 0 heterocycles. The van der Waals surface area contributed by atoms with E-state index < -0.39 is 5.60 Å². The van der Waals surface area contributed by atoms with Crippen LogP contribution in [0.5, 0.6) is 0 Å². The molecule has 1 saturated carbocycles. The number of methoxy groups -OCH3 is 1. The minimum Gasteiger partial charge on any atom is -0.388 e. The van der Waals surface area contributed by atoms with E-state index in [0.717, 1.165) is 36.8 Å². The lowest BCUT2D eigenvalue weighted by molar-refractivity contribution is 0.0501. The van der Waals surface area contributed by atoms with Gasteiger partial charge >= 0.3 is 6.03 Å². The van der Waals surface area contributed by atoms with E-state index in [1.807, 2.05) is 24.3 Å². The fraction of sp³-hybridized carbons (Fsp3) is 0.562. The first kappa shape index (κ1) is 15.8. The van der Waals surface area contributed by atoms with Crippen LogP contribution < -0.4 is 10.6 Å². The predicted octanol–water partition coefficient (Wildman–Crippen LogP) is 1.94. The van der Waals surface area contributed by atoms with Gasteiger partial charge in [-0.05, 0) is 24.0 Å². The van der Waals surface area contributed by atoms with Gasteiger partial charge in [-0.25, -0.2) is 4.79 Å². The number of hydrogen-bond acceptors (Lipinski definition) is 3. The first-order valence-corrected chi connectivity index (χ1v) is 7.42. The normalized spacial score (nSPS) is 16.7. The number of amides is 2. The molecule has 0 aliphatic heterocycles. The van der Waals surface area contributed by atoms with E-state index in [0.29, 0.717) is 19.7 Å². The van der Waals surface area contributed by atoms with Crippen molar-refractivity contribution < 1.29 is 14.6 Å². The van der Waals surface area contributed by atoms with Gasteiger partial charge in [0.05, 0.1) is 12.2 Å². The lowest BCUT2D eigenvalue weighted by Crippen LogP contribution is -2.44. The molecule has 0 aromatic heterocycles. The molecule has 0 radical (unpaired) electrons. The van der Waals surface area contributed by atoms with Crippen molar-refractivity contribution >= 4 is 6.03 Å². The zero-order valence-electron chi connectivity index (χ0n) is 12.5. The molecule has 0 unspecified atom stereocenters. The van der Waals surface area contributed by atoms with Crippen LogP contribution in [0.3, 0.4) is 0 Å². The van der Waals surface area contributed by atoms with Crippen LogP contribution in [0.2, 0.25) is 0 Å². The molecule has 1 aliphatic carbocycles. The molecule has 2 amide bonds. The summed E-state index contributed by atoms with van der Waals surface area (Å²) in [4.78, 5) is 11.8. The van der Waals surface area contributed by atoms with Gasteiger partial charge in [0.2, 0.25) is 0 Å². The van der Waals surface area contributed by atoms with Gasteiger partial charge in [0, 0.05) is 20.2 Å². The van der Waals surface area contributed by atoms with E-state index in [1.54, 1.807) is 7.11 Å². The highest BCUT2D eigenvalue weighted by molar-refractivity contribution is 5.73. The Labute approximate surface area is 125 Å². The molecule has 0 bridgehead atoms. The molecule has 0 saturated heterocycles. The third-order valence-corrected chi connectivity index (χ3v) is 3.87. The summed E-state index contributed by atoms with van der Waals surface area (Å²) in [6.07, 6.45) is 3.61. The molecule has 0 atom stereocenters. The number of hydrogen-bond donors (Lipinski definition) is 3. The summed E-state index contributed by atoms with van der Waals surface area (Å²) in [7, 11) is 1.66. The van der Waals surface area contributed by atoms with E-state index in [1.165, 1.54) is 0 Å². The fourth-order valence-corrected chi connectivity index (χ4v) is 2.70. The molecule has 116 valence electrons. The molecule has 21 heavy (non-hydrogen) atoms. The topological polar surface area (TPSA) is 70.6 Å². The van der Waals surface area contributed by atoms with Crippen LogP contribution in [-0.4, -0.2) is 30.4 Å². The number of aliphatic hydroxyl groups is 1. The zero-order chi connectivity index (χ0) is 15.1. The maximum absolute atomic E-state index is 11.8. The van der Waals surface area contributed by atoms with E-state index in [9.17, 15) is 9.90 Å². The summed E-state index contributed by atoms with van der Waals surface area (Å²) in [6.45, 7) is 1.34. The van der Waals surface area contributed by atoms with Crippen molar-refractivity contribution in [3.8, 4) is 0 Å². The molecular weight excluding hydrogens is 268 g/mol. The fourth-order valence-electron chi connectivity index (χ4n) is 2.70. The highest BCUT2D eigenvalue weighted by Crippen LogP contribution is 2.28. The number of urea groups is 1. The second kappa shape index (κ2) is 7.43. The molecule has 1 aromatic rings. The Morgan fingerprint density at radius 2 is 2.00 bits per heavy atom. The number of carbonyl (C=O) groups is 1. The lowest BCUT2D eigenvalue weighted by Gasteiger charge is -2.22. The highest BCUT2D eigenvalue weighted by Gasteiger charge is 2.31. The molecule has 2 rings (SSSR count). The molecule has 1 fully saturated rings. The Morgan fingerprint density at radius 1 is 1.29 bits per heavy atom. The summed E-state index contributed by atoms with van der Waals surface area (Å²) < 4.78 is 5.09. The van der Waals surface area contributed by atoms with Gasteiger partial charge in [-0.3, -0.25) is 0 Å². The molecule has 5 heteroatoms. The molecule has 5 nitrogen and oxygen atoms in total. The summed E-state index contributed by atoms with van der Waals surface area (Å²) in [5.41, 5.74) is 1.40. The van der Waals surface area contributed by atoms with Crippen molar-refractivity contribution in [2.24, 2.45) is 0 Å². The van der Waals surface area contributed by atoms with Gasteiger partial charge in [-0.1, -0.05) is 37.1 Å². The zero-order valence-corrected chi connectivity index (χ0v) is 12.5. The standard InChI is InChI=1S/C16H24N2O3/c1-21-11-14-6-4-5-13(9-14)10-17-15(19)18-12-16(20)7-2-3-8-16/h4-6,9,20H,2-3,7-8,10-12H2,1H3,(H2,17,18,19). The second-order valence-electron chi connectivity index (χ2n) is 5.72.